The molecule has 1 atom stereocenters. The van der Waals surface area contributed by atoms with Gasteiger partial charge in [0.1, 0.15) is 0 Å². The fourth-order valence-electron chi connectivity index (χ4n) is 2.72. The molecule has 0 aliphatic rings. The Labute approximate surface area is 165 Å². The highest BCUT2D eigenvalue weighted by molar-refractivity contribution is 5.95. The number of hydrogen-bond donors (Lipinski definition) is 1. The summed E-state index contributed by atoms with van der Waals surface area (Å²) in [6.07, 6.45) is -0.00644. The van der Waals surface area contributed by atoms with E-state index in [1.807, 2.05) is 31.1 Å². The SMILES string of the molecule is COC(=O)CC(NC(=O)c1ccc(N(C)C)cc1)c1ccc(OC)c(OC)c1. The molecule has 0 saturated carbocycles. The predicted octanol–water partition coefficient (Wildman–Crippen LogP) is 2.80. The number of benzene rings is 2. The van der Waals surface area contributed by atoms with Crippen LogP contribution in [-0.4, -0.2) is 47.3 Å². The number of ether oxygens (including phenoxy) is 3. The van der Waals surface area contributed by atoms with E-state index >= 15 is 0 Å². The second-order valence-corrected chi connectivity index (χ2v) is 6.36. The monoisotopic (exact) mass is 386 g/mol. The van der Waals surface area contributed by atoms with Gasteiger partial charge in [-0.1, -0.05) is 6.07 Å². The maximum absolute atomic E-state index is 12.7. The van der Waals surface area contributed by atoms with Gasteiger partial charge in [-0.15, -0.1) is 0 Å². The van der Waals surface area contributed by atoms with Crippen LogP contribution in [0.4, 0.5) is 5.69 Å². The van der Waals surface area contributed by atoms with Crippen molar-refractivity contribution in [3.63, 3.8) is 0 Å². The van der Waals surface area contributed by atoms with Gasteiger partial charge in [0.25, 0.3) is 5.91 Å². The van der Waals surface area contributed by atoms with Crippen LogP contribution in [-0.2, 0) is 9.53 Å². The minimum Gasteiger partial charge on any atom is -0.493 e. The zero-order valence-electron chi connectivity index (χ0n) is 16.8. The number of methoxy groups -OCH3 is 3. The third kappa shape index (κ3) is 5.16. The third-order valence-electron chi connectivity index (χ3n) is 4.36. The van der Waals surface area contributed by atoms with Crippen LogP contribution in [0.3, 0.4) is 0 Å². The first kappa shape index (κ1) is 21.1. The van der Waals surface area contributed by atoms with E-state index in [4.69, 9.17) is 14.2 Å². The van der Waals surface area contributed by atoms with Gasteiger partial charge in [-0.3, -0.25) is 9.59 Å². The van der Waals surface area contributed by atoms with Crippen molar-refractivity contribution >= 4 is 17.6 Å². The molecule has 7 heteroatoms. The summed E-state index contributed by atoms with van der Waals surface area (Å²) in [5.41, 5.74) is 2.20. The number of amides is 1. The lowest BCUT2D eigenvalue weighted by molar-refractivity contribution is -0.141. The van der Waals surface area contributed by atoms with Crippen LogP contribution in [0.25, 0.3) is 0 Å². The molecule has 28 heavy (non-hydrogen) atoms. The summed E-state index contributed by atoms with van der Waals surface area (Å²) < 4.78 is 15.4. The molecular weight excluding hydrogens is 360 g/mol. The molecule has 1 amide bonds. The molecule has 2 aromatic rings. The van der Waals surface area contributed by atoms with Crippen LogP contribution >= 0.6 is 0 Å². The maximum Gasteiger partial charge on any atom is 0.307 e. The summed E-state index contributed by atoms with van der Waals surface area (Å²) in [6.45, 7) is 0. The second-order valence-electron chi connectivity index (χ2n) is 6.36. The summed E-state index contributed by atoms with van der Waals surface area (Å²) in [5, 5.41) is 2.90. The molecule has 2 aromatic carbocycles. The van der Waals surface area contributed by atoms with E-state index in [2.05, 4.69) is 5.32 Å². The molecule has 0 heterocycles. The molecule has 1 unspecified atom stereocenters. The van der Waals surface area contributed by atoms with Crippen molar-refractivity contribution in [1.29, 1.82) is 0 Å². The van der Waals surface area contributed by atoms with Crippen molar-refractivity contribution in [2.45, 2.75) is 12.5 Å². The fraction of sp³-hybridized carbons (Fsp3) is 0.333. The van der Waals surface area contributed by atoms with Crippen LogP contribution in [0.2, 0.25) is 0 Å². The summed E-state index contributed by atoms with van der Waals surface area (Å²) in [7, 11) is 8.25. The van der Waals surface area contributed by atoms with Gasteiger partial charge in [-0.25, -0.2) is 0 Å². The molecule has 0 spiro atoms. The van der Waals surface area contributed by atoms with Gasteiger partial charge >= 0.3 is 5.97 Å². The Kier molecular flexibility index (Phi) is 7.26. The van der Waals surface area contributed by atoms with Crippen LogP contribution in [0, 0.1) is 0 Å². The van der Waals surface area contributed by atoms with Crippen molar-refractivity contribution in [1.82, 2.24) is 5.32 Å². The van der Waals surface area contributed by atoms with Crippen LogP contribution in [0.1, 0.15) is 28.4 Å². The van der Waals surface area contributed by atoms with Crippen LogP contribution < -0.4 is 19.7 Å². The number of hydrogen-bond acceptors (Lipinski definition) is 6. The highest BCUT2D eigenvalue weighted by atomic mass is 16.5. The molecule has 0 aliphatic carbocycles. The molecule has 1 N–H and O–H groups in total. The van der Waals surface area contributed by atoms with E-state index in [0.717, 1.165) is 5.69 Å². The summed E-state index contributed by atoms with van der Waals surface area (Å²) in [5.74, 6) is 0.366. The number of esters is 1. The highest BCUT2D eigenvalue weighted by Gasteiger charge is 2.21. The zero-order valence-corrected chi connectivity index (χ0v) is 16.8. The van der Waals surface area contributed by atoms with Gasteiger partial charge < -0.3 is 24.4 Å². The zero-order chi connectivity index (χ0) is 20.7. The van der Waals surface area contributed by atoms with E-state index < -0.39 is 12.0 Å². The number of anilines is 1. The second kappa shape index (κ2) is 9.64. The van der Waals surface area contributed by atoms with Gasteiger partial charge in [0, 0.05) is 25.3 Å². The molecule has 150 valence electrons. The third-order valence-corrected chi connectivity index (χ3v) is 4.36. The number of carbonyl (C=O) groups excluding carboxylic acids is 2. The summed E-state index contributed by atoms with van der Waals surface area (Å²) >= 11 is 0. The van der Waals surface area contributed by atoms with Gasteiger partial charge in [0.15, 0.2) is 11.5 Å². The Bertz CT molecular complexity index is 818. The Balaban J connectivity index is 2.28. The van der Waals surface area contributed by atoms with E-state index in [1.165, 1.54) is 14.2 Å². The standard InChI is InChI=1S/C21H26N2O5/c1-23(2)16-9-6-14(7-10-16)21(25)22-17(13-20(24)28-5)15-8-11-18(26-3)19(12-15)27-4/h6-12,17H,13H2,1-5H3,(H,22,25). The molecule has 0 aromatic heterocycles. The molecule has 0 aliphatic heterocycles. The lowest BCUT2D eigenvalue weighted by Gasteiger charge is -2.20. The Hall–Kier alpha value is -3.22. The van der Waals surface area contributed by atoms with Gasteiger partial charge in [-0.2, -0.15) is 0 Å². The minimum absolute atomic E-state index is 0.00644. The number of nitrogens with one attached hydrogen (secondary N) is 1. The Morgan fingerprint density at radius 3 is 2.14 bits per heavy atom. The van der Waals surface area contributed by atoms with Gasteiger partial charge in [0.2, 0.25) is 0 Å². The first-order chi connectivity index (χ1) is 13.4. The quantitative estimate of drug-likeness (QED) is 0.703. The molecular formula is C21H26N2O5. The van der Waals surface area contributed by atoms with Crippen molar-refractivity contribution in [2.75, 3.05) is 40.3 Å². The van der Waals surface area contributed by atoms with Crippen LogP contribution in [0.5, 0.6) is 11.5 Å². The Morgan fingerprint density at radius 1 is 0.964 bits per heavy atom. The van der Waals surface area contributed by atoms with Crippen molar-refractivity contribution in [2.24, 2.45) is 0 Å². The molecule has 2 rings (SSSR count). The fourth-order valence-corrected chi connectivity index (χ4v) is 2.72. The first-order valence-corrected chi connectivity index (χ1v) is 8.76. The van der Waals surface area contributed by atoms with Crippen LogP contribution in [0.15, 0.2) is 42.5 Å². The summed E-state index contributed by atoms with van der Waals surface area (Å²) in [4.78, 5) is 26.5. The van der Waals surface area contributed by atoms with Crippen molar-refractivity contribution < 1.29 is 23.8 Å². The largest absolute Gasteiger partial charge is 0.493 e. The van der Waals surface area contributed by atoms with E-state index in [0.29, 0.717) is 22.6 Å². The predicted molar refractivity (Wildman–Crippen MR) is 107 cm³/mol. The van der Waals surface area contributed by atoms with Gasteiger partial charge in [-0.05, 0) is 42.0 Å². The van der Waals surface area contributed by atoms with Crippen molar-refractivity contribution in [3.05, 3.63) is 53.6 Å². The molecule has 0 radical (unpaired) electrons. The van der Waals surface area contributed by atoms with Gasteiger partial charge in [0.05, 0.1) is 33.8 Å². The Morgan fingerprint density at radius 2 is 1.61 bits per heavy atom. The lowest BCUT2D eigenvalue weighted by Crippen LogP contribution is -2.30. The lowest BCUT2D eigenvalue weighted by atomic mass is 10.0. The smallest absolute Gasteiger partial charge is 0.307 e. The first-order valence-electron chi connectivity index (χ1n) is 8.76. The molecule has 0 bridgehead atoms. The number of rotatable bonds is 8. The average molecular weight is 386 g/mol. The minimum atomic E-state index is -0.576. The van der Waals surface area contributed by atoms with E-state index in [1.54, 1.807) is 37.4 Å². The maximum atomic E-state index is 12.7. The average Bonchev–Trinajstić information content (AvgIpc) is 2.72. The molecule has 7 nitrogen and oxygen atoms in total. The molecule has 0 saturated heterocycles. The van der Waals surface area contributed by atoms with E-state index in [-0.39, 0.29) is 12.3 Å². The normalized spacial score (nSPS) is 11.3. The van der Waals surface area contributed by atoms with E-state index in [9.17, 15) is 9.59 Å². The topological polar surface area (TPSA) is 77.1 Å². The molecule has 0 fully saturated rings. The summed E-state index contributed by atoms with van der Waals surface area (Å²) in [6, 6.07) is 11.9. The number of carbonyl (C=O) groups is 2. The number of nitrogens with zero attached hydrogens (tertiary/aromatic N) is 1. The highest BCUT2D eigenvalue weighted by Crippen LogP contribution is 2.31. The van der Waals surface area contributed by atoms with Crippen molar-refractivity contribution in [3.8, 4) is 11.5 Å².